The van der Waals surface area contributed by atoms with Crippen LogP contribution < -0.4 is 0 Å². The van der Waals surface area contributed by atoms with Crippen molar-refractivity contribution in [1.29, 1.82) is 0 Å². The maximum atomic E-state index is 10.2. The molecule has 0 bridgehead atoms. The van der Waals surface area contributed by atoms with Crippen molar-refractivity contribution < 1.29 is 5.11 Å². The zero-order valence-electron chi connectivity index (χ0n) is 11.0. The summed E-state index contributed by atoms with van der Waals surface area (Å²) in [7, 11) is 2.03. The molecular weight excluding hydrogens is 349 g/mol. The standard InChI is InChI=1S/C16H18INO/c1-18(11-13-6-3-2-4-7-13)12-16(19)14-8-5-9-15(17)10-14/h2-10,16,19H,11-12H2,1H3/t16-/m1/s1. The van der Waals surface area contributed by atoms with Crippen LogP contribution in [-0.2, 0) is 6.54 Å². The molecule has 1 atom stereocenters. The van der Waals surface area contributed by atoms with Crippen LogP contribution in [-0.4, -0.2) is 23.6 Å². The molecule has 2 rings (SSSR count). The Morgan fingerprint density at radius 1 is 1.11 bits per heavy atom. The molecule has 19 heavy (non-hydrogen) atoms. The third kappa shape index (κ3) is 4.60. The number of benzene rings is 2. The van der Waals surface area contributed by atoms with E-state index in [2.05, 4.69) is 39.6 Å². The molecule has 0 aliphatic carbocycles. The van der Waals surface area contributed by atoms with E-state index in [4.69, 9.17) is 0 Å². The zero-order chi connectivity index (χ0) is 13.7. The topological polar surface area (TPSA) is 23.5 Å². The first-order valence-corrected chi connectivity index (χ1v) is 7.39. The quantitative estimate of drug-likeness (QED) is 0.819. The monoisotopic (exact) mass is 367 g/mol. The zero-order valence-corrected chi connectivity index (χ0v) is 13.1. The van der Waals surface area contributed by atoms with E-state index in [1.807, 2.05) is 49.5 Å². The molecule has 2 aromatic carbocycles. The van der Waals surface area contributed by atoms with Gasteiger partial charge in [0.15, 0.2) is 0 Å². The van der Waals surface area contributed by atoms with Crippen LogP contribution in [0.25, 0.3) is 0 Å². The van der Waals surface area contributed by atoms with Crippen LogP contribution >= 0.6 is 22.6 Å². The smallest absolute Gasteiger partial charge is 0.0917 e. The number of hydrogen-bond donors (Lipinski definition) is 1. The Balaban J connectivity index is 1.93. The van der Waals surface area contributed by atoms with E-state index in [1.165, 1.54) is 5.56 Å². The minimum absolute atomic E-state index is 0.441. The molecule has 0 unspecified atom stereocenters. The second-order valence-electron chi connectivity index (χ2n) is 4.75. The Labute approximate surface area is 128 Å². The van der Waals surface area contributed by atoms with Gasteiger partial charge in [-0.1, -0.05) is 42.5 Å². The summed E-state index contributed by atoms with van der Waals surface area (Å²) in [6.45, 7) is 1.48. The van der Waals surface area contributed by atoms with Gasteiger partial charge in [-0.15, -0.1) is 0 Å². The molecule has 0 aromatic heterocycles. The highest BCUT2D eigenvalue weighted by molar-refractivity contribution is 14.1. The Hall–Kier alpha value is -0.910. The summed E-state index contributed by atoms with van der Waals surface area (Å²) in [5, 5.41) is 10.2. The maximum Gasteiger partial charge on any atom is 0.0917 e. The van der Waals surface area contributed by atoms with Gasteiger partial charge in [0.05, 0.1) is 6.10 Å². The normalized spacial score (nSPS) is 12.6. The van der Waals surface area contributed by atoms with Crippen molar-refractivity contribution in [3.8, 4) is 0 Å². The van der Waals surface area contributed by atoms with Crippen molar-refractivity contribution in [2.75, 3.05) is 13.6 Å². The molecule has 0 aliphatic heterocycles. The van der Waals surface area contributed by atoms with E-state index < -0.39 is 6.10 Å². The molecule has 100 valence electrons. The van der Waals surface area contributed by atoms with Crippen LogP contribution in [0.3, 0.4) is 0 Å². The number of rotatable bonds is 5. The molecule has 0 saturated carbocycles. The summed E-state index contributed by atoms with van der Waals surface area (Å²) >= 11 is 2.27. The van der Waals surface area contributed by atoms with E-state index in [0.717, 1.165) is 15.7 Å². The van der Waals surface area contributed by atoms with Crippen molar-refractivity contribution in [3.63, 3.8) is 0 Å². The molecule has 0 saturated heterocycles. The van der Waals surface area contributed by atoms with Crippen molar-refractivity contribution in [1.82, 2.24) is 4.90 Å². The first-order chi connectivity index (χ1) is 9.15. The Morgan fingerprint density at radius 2 is 1.84 bits per heavy atom. The summed E-state index contributed by atoms with van der Waals surface area (Å²) in [5.74, 6) is 0. The number of nitrogens with zero attached hydrogens (tertiary/aromatic N) is 1. The molecule has 0 heterocycles. The van der Waals surface area contributed by atoms with Crippen LogP contribution in [0.4, 0.5) is 0 Å². The molecule has 0 aliphatic rings. The fraction of sp³-hybridized carbons (Fsp3) is 0.250. The van der Waals surface area contributed by atoms with Gasteiger partial charge in [0.25, 0.3) is 0 Å². The number of hydrogen-bond acceptors (Lipinski definition) is 2. The number of aliphatic hydroxyl groups excluding tert-OH is 1. The van der Waals surface area contributed by atoms with Gasteiger partial charge in [0.2, 0.25) is 0 Å². The summed E-state index contributed by atoms with van der Waals surface area (Å²) in [6.07, 6.45) is -0.441. The van der Waals surface area contributed by atoms with Gasteiger partial charge < -0.3 is 5.11 Å². The van der Waals surface area contributed by atoms with E-state index in [1.54, 1.807) is 0 Å². The third-order valence-corrected chi connectivity index (χ3v) is 3.68. The van der Waals surface area contributed by atoms with Gasteiger partial charge in [0.1, 0.15) is 0 Å². The molecule has 3 heteroatoms. The van der Waals surface area contributed by atoms with Gasteiger partial charge in [0, 0.05) is 16.7 Å². The van der Waals surface area contributed by atoms with Crippen molar-refractivity contribution >= 4 is 22.6 Å². The second-order valence-corrected chi connectivity index (χ2v) is 6.00. The largest absolute Gasteiger partial charge is 0.387 e. The molecule has 2 nitrogen and oxygen atoms in total. The molecule has 0 radical (unpaired) electrons. The van der Waals surface area contributed by atoms with Crippen LogP contribution in [0.15, 0.2) is 54.6 Å². The lowest BCUT2D eigenvalue weighted by Crippen LogP contribution is -2.24. The van der Waals surface area contributed by atoms with Gasteiger partial charge in [-0.25, -0.2) is 0 Å². The van der Waals surface area contributed by atoms with Gasteiger partial charge in [-0.2, -0.15) is 0 Å². The lowest BCUT2D eigenvalue weighted by atomic mass is 10.1. The van der Waals surface area contributed by atoms with E-state index in [0.29, 0.717) is 6.54 Å². The molecule has 0 fully saturated rings. The minimum Gasteiger partial charge on any atom is -0.387 e. The molecular formula is C16H18INO. The van der Waals surface area contributed by atoms with Crippen LogP contribution in [0.5, 0.6) is 0 Å². The average Bonchev–Trinajstić information content (AvgIpc) is 2.39. The van der Waals surface area contributed by atoms with Crippen LogP contribution in [0, 0.1) is 3.57 Å². The lowest BCUT2D eigenvalue weighted by Gasteiger charge is -2.21. The molecule has 0 amide bonds. The van der Waals surface area contributed by atoms with Crippen molar-refractivity contribution in [2.45, 2.75) is 12.6 Å². The van der Waals surface area contributed by atoms with E-state index >= 15 is 0 Å². The maximum absolute atomic E-state index is 10.2. The highest BCUT2D eigenvalue weighted by Crippen LogP contribution is 2.17. The third-order valence-electron chi connectivity index (χ3n) is 3.01. The Bertz CT molecular complexity index is 515. The van der Waals surface area contributed by atoms with E-state index in [9.17, 15) is 5.11 Å². The van der Waals surface area contributed by atoms with Crippen molar-refractivity contribution in [2.24, 2.45) is 0 Å². The highest BCUT2D eigenvalue weighted by Gasteiger charge is 2.11. The van der Waals surface area contributed by atoms with Crippen LogP contribution in [0.1, 0.15) is 17.2 Å². The van der Waals surface area contributed by atoms with Crippen molar-refractivity contribution in [3.05, 3.63) is 69.3 Å². The first-order valence-electron chi connectivity index (χ1n) is 6.31. The summed E-state index contributed by atoms with van der Waals surface area (Å²) in [6, 6.07) is 18.3. The van der Waals surface area contributed by atoms with Gasteiger partial charge in [-0.3, -0.25) is 4.90 Å². The predicted molar refractivity (Wildman–Crippen MR) is 86.9 cm³/mol. The van der Waals surface area contributed by atoms with Gasteiger partial charge in [-0.05, 0) is 52.9 Å². The number of halogens is 1. The molecule has 0 spiro atoms. The number of aliphatic hydroxyl groups is 1. The Kier molecular flexibility index (Phi) is 5.36. The average molecular weight is 367 g/mol. The van der Waals surface area contributed by atoms with E-state index in [-0.39, 0.29) is 0 Å². The second kappa shape index (κ2) is 7.03. The SMILES string of the molecule is CN(Cc1ccccc1)C[C@@H](O)c1cccc(I)c1. The summed E-state index contributed by atoms with van der Waals surface area (Å²) in [4.78, 5) is 2.14. The fourth-order valence-corrected chi connectivity index (χ4v) is 2.64. The molecule has 2 aromatic rings. The Morgan fingerprint density at radius 3 is 2.53 bits per heavy atom. The summed E-state index contributed by atoms with van der Waals surface area (Å²) < 4.78 is 1.15. The molecule has 1 N–H and O–H groups in total. The highest BCUT2D eigenvalue weighted by atomic mass is 127. The predicted octanol–water partition coefficient (Wildman–Crippen LogP) is 3.46. The summed E-state index contributed by atoms with van der Waals surface area (Å²) in [5.41, 5.74) is 2.24. The fourth-order valence-electron chi connectivity index (χ4n) is 2.07. The van der Waals surface area contributed by atoms with Crippen LogP contribution in [0.2, 0.25) is 0 Å². The van der Waals surface area contributed by atoms with Gasteiger partial charge >= 0.3 is 0 Å². The minimum atomic E-state index is -0.441. The number of likely N-dealkylation sites (N-methyl/N-ethyl adjacent to an activating group) is 1. The first kappa shape index (κ1) is 14.5. The lowest BCUT2D eigenvalue weighted by molar-refractivity contribution is 0.124.